The maximum atomic E-state index is 6.31. The second-order valence-electron chi connectivity index (χ2n) is 10.3. The molecule has 0 unspecified atom stereocenters. The van der Waals surface area contributed by atoms with Gasteiger partial charge in [0, 0.05) is 21.5 Å². The maximum Gasteiger partial charge on any atom is 0.135 e. The molecule has 4 heterocycles. The van der Waals surface area contributed by atoms with E-state index in [9.17, 15) is 0 Å². The highest BCUT2D eigenvalue weighted by atomic mass is 16.6. The Balaban J connectivity index is 1.13. The molecule has 0 aliphatic carbocycles. The van der Waals surface area contributed by atoms with Crippen LogP contribution in [0, 0.1) is 0 Å². The van der Waals surface area contributed by atoms with Crippen LogP contribution in [0.4, 0.5) is 0 Å². The molecule has 0 radical (unpaired) electrons. The van der Waals surface area contributed by atoms with Gasteiger partial charge in [-0.1, -0.05) is 48.5 Å². The summed E-state index contributed by atoms with van der Waals surface area (Å²) in [5, 5.41) is 3.96. The zero-order valence-electron chi connectivity index (χ0n) is 26.3. The maximum absolute atomic E-state index is 6.31. The Hall–Kier alpha value is -3.64. The fraction of sp³-hybridized carbons (Fsp3) is 0.444. The summed E-state index contributed by atoms with van der Waals surface area (Å²) in [7, 11) is 0. The molecule has 248 valence electrons. The topological polar surface area (TPSA) is 92.3 Å². The van der Waals surface area contributed by atoms with Crippen molar-refractivity contribution in [3.63, 3.8) is 0 Å². The molecule has 0 atom stereocenters. The summed E-state index contributed by atoms with van der Waals surface area (Å²) in [4.78, 5) is 0. The highest BCUT2D eigenvalue weighted by Crippen LogP contribution is 2.42. The number of hydrogen-bond donors (Lipinski definition) is 0. The summed E-state index contributed by atoms with van der Waals surface area (Å²) in [6.45, 7) is 7.41. The average molecular weight is 637 g/mol. The van der Waals surface area contributed by atoms with Gasteiger partial charge in [-0.2, -0.15) is 0 Å². The lowest BCUT2D eigenvalue weighted by Gasteiger charge is -2.18. The highest BCUT2D eigenvalue weighted by molar-refractivity contribution is 6.11. The molecule has 4 aromatic carbocycles. The van der Waals surface area contributed by atoms with Crippen molar-refractivity contribution in [3.05, 3.63) is 72.8 Å². The number of ether oxygens (including phenoxy) is 10. The van der Waals surface area contributed by atoms with E-state index in [1.165, 1.54) is 0 Å². The monoisotopic (exact) mass is 636 g/mol. The second kappa shape index (κ2) is 19.8. The normalized spacial score (nSPS) is 18.1. The van der Waals surface area contributed by atoms with Crippen LogP contribution in [-0.2, 0) is 28.4 Å². The summed E-state index contributed by atoms with van der Waals surface area (Å²) in [5.41, 5.74) is 0. The molecule has 0 N–H and O–H groups in total. The molecule has 0 saturated carbocycles. The SMILES string of the molecule is c1ccc2c3c4ccccc4c(c2c1)OCCOCCOCCOCCOc1ccc(cc1)OCCOCCOCCOCCO3. The van der Waals surface area contributed by atoms with Gasteiger partial charge in [-0.05, 0) is 24.3 Å². The predicted octanol–water partition coefficient (Wildman–Crippen LogP) is 5.32. The zero-order valence-corrected chi connectivity index (χ0v) is 26.3. The average Bonchev–Trinajstić information content (AvgIpc) is 3.09. The van der Waals surface area contributed by atoms with Crippen LogP contribution in [0.1, 0.15) is 0 Å². The van der Waals surface area contributed by atoms with Gasteiger partial charge in [0.2, 0.25) is 0 Å². The minimum absolute atomic E-state index is 0.412. The first-order valence-electron chi connectivity index (χ1n) is 15.9. The first-order chi connectivity index (χ1) is 22.9. The van der Waals surface area contributed by atoms with Crippen LogP contribution in [0.3, 0.4) is 0 Å². The molecule has 0 aromatic heterocycles. The quantitative estimate of drug-likeness (QED) is 0.236. The first-order valence-corrected chi connectivity index (χ1v) is 15.9. The van der Waals surface area contributed by atoms with E-state index in [0.717, 1.165) is 44.5 Å². The van der Waals surface area contributed by atoms with E-state index in [-0.39, 0.29) is 0 Å². The van der Waals surface area contributed by atoms with Gasteiger partial charge in [0.1, 0.15) is 49.4 Å². The molecule has 4 aliphatic rings. The van der Waals surface area contributed by atoms with Crippen LogP contribution in [-0.4, -0.2) is 106 Å². The molecule has 10 heteroatoms. The highest BCUT2D eigenvalue weighted by Gasteiger charge is 2.16. The Kier molecular flexibility index (Phi) is 14.5. The largest absolute Gasteiger partial charge is 0.491 e. The van der Waals surface area contributed by atoms with Gasteiger partial charge >= 0.3 is 0 Å². The Bertz CT molecular complexity index is 1260. The van der Waals surface area contributed by atoms with Gasteiger partial charge in [0.15, 0.2) is 0 Å². The van der Waals surface area contributed by atoms with Crippen LogP contribution >= 0.6 is 0 Å². The van der Waals surface area contributed by atoms with Crippen molar-refractivity contribution in [3.8, 4) is 23.0 Å². The molecule has 8 rings (SSSR count). The van der Waals surface area contributed by atoms with E-state index in [1.54, 1.807) is 0 Å². The Morgan fingerprint density at radius 2 is 0.500 bits per heavy atom. The molecule has 0 saturated heterocycles. The van der Waals surface area contributed by atoms with Gasteiger partial charge in [-0.25, -0.2) is 0 Å². The molecule has 0 spiro atoms. The van der Waals surface area contributed by atoms with Crippen LogP contribution in [0.25, 0.3) is 21.5 Å². The smallest absolute Gasteiger partial charge is 0.135 e. The van der Waals surface area contributed by atoms with E-state index in [1.807, 2.05) is 48.5 Å². The molecular weight excluding hydrogens is 592 g/mol. The lowest BCUT2D eigenvalue weighted by molar-refractivity contribution is 0.00487. The van der Waals surface area contributed by atoms with Crippen molar-refractivity contribution in [1.82, 2.24) is 0 Å². The van der Waals surface area contributed by atoms with Crippen LogP contribution in [0.5, 0.6) is 23.0 Å². The Morgan fingerprint density at radius 3 is 0.783 bits per heavy atom. The number of hydrogen-bond acceptors (Lipinski definition) is 10. The summed E-state index contributed by atoms with van der Waals surface area (Å²) in [6, 6.07) is 23.8. The van der Waals surface area contributed by atoms with Gasteiger partial charge < -0.3 is 47.4 Å². The summed E-state index contributed by atoms with van der Waals surface area (Å²) < 4.78 is 58.1. The molecular formula is C36H44O10. The van der Waals surface area contributed by atoms with E-state index in [2.05, 4.69) is 24.3 Å². The van der Waals surface area contributed by atoms with Crippen molar-refractivity contribution >= 4 is 21.5 Å². The van der Waals surface area contributed by atoms with E-state index >= 15 is 0 Å². The van der Waals surface area contributed by atoms with Crippen LogP contribution in [0.2, 0.25) is 0 Å². The van der Waals surface area contributed by atoms with E-state index in [4.69, 9.17) is 47.4 Å². The van der Waals surface area contributed by atoms with Crippen molar-refractivity contribution < 1.29 is 47.4 Å². The third-order valence-electron chi connectivity index (χ3n) is 7.09. The predicted molar refractivity (Wildman–Crippen MR) is 175 cm³/mol. The number of benzene rings is 4. The van der Waals surface area contributed by atoms with Gasteiger partial charge in [0.25, 0.3) is 0 Å². The number of rotatable bonds is 0. The molecule has 10 nitrogen and oxygen atoms in total. The molecule has 4 aliphatic heterocycles. The molecule has 4 bridgehead atoms. The van der Waals surface area contributed by atoms with Crippen LogP contribution in [0.15, 0.2) is 72.8 Å². The Labute approximate surface area is 270 Å². The zero-order chi connectivity index (χ0) is 31.5. The standard InChI is InChI=1S/C36H44O10/c1-2-6-32-31(5-1)35-33-7-3-4-8-34(33)36(32)46-28-24-42-20-16-38-14-18-40-22-26-44-30-11-9-29(10-12-30)43-25-21-39-17-13-37-15-19-41-23-27-45-35/h1-12H,13-28H2. The van der Waals surface area contributed by atoms with Gasteiger partial charge in [0.05, 0.1) is 79.3 Å². The summed E-state index contributed by atoms with van der Waals surface area (Å²) in [5.74, 6) is 3.15. The second-order valence-corrected chi connectivity index (χ2v) is 10.3. The first kappa shape index (κ1) is 33.7. The van der Waals surface area contributed by atoms with Crippen LogP contribution < -0.4 is 18.9 Å². The fourth-order valence-electron chi connectivity index (χ4n) is 4.92. The van der Waals surface area contributed by atoms with Crippen molar-refractivity contribution in [1.29, 1.82) is 0 Å². The molecule has 0 amide bonds. The van der Waals surface area contributed by atoms with E-state index < -0.39 is 0 Å². The van der Waals surface area contributed by atoms with Crippen molar-refractivity contribution in [2.24, 2.45) is 0 Å². The molecule has 0 fully saturated rings. The lowest BCUT2D eigenvalue weighted by Crippen LogP contribution is -2.15. The molecule has 4 aromatic rings. The van der Waals surface area contributed by atoms with E-state index in [0.29, 0.717) is 106 Å². The van der Waals surface area contributed by atoms with Crippen molar-refractivity contribution in [2.45, 2.75) is 0 Å². The summed E-state index contributed by atoms with van der Waals surface area (Å²) in [6.07, 6.45) is 0. The fourth-order valence-corrected chi connectivity index (χ4v) is 4.92. The van der Waals surface area contributed by atoms with Gasteiger partial charge in [-0.15, -0.1) is 0 Å². The summed E-state index contributed by atoms with van der Waals surface area (Å²) >= 11 is 0. The lowest BCUT2D eigenvalue weighted by atomic mass is 10.0. The Morgan fingerprint density at radius 1 is 0.261 bits per heavy atom. The van der Waals surface area contributed by atoms with Crippen molar-refractivity contribution in [2.75, 3.05) is 106 Å². The minimum atomic E-state index is 0.412. The third-order valence-corrected chi connectivity index (χ3v) is 7.09. The molecule has 46 heavy (non-hydrogen) atoms. The third kappa shape index (κ3) is 10.7. The van der Waals surface area contributed by atoms with Gasteiger partial charge in [-0.3, -0.25) is 0 Å². The minimum Gasteiger partial charge on any atom is -0.491 e.